The van der Waals surface area contributed by atoms with E-state index in [1.165, 1.54) is 17.7 Å². The average molecular weight is 341 g/mol. The second kappa shape index (κ2) is 5.42. The number of aromatic amines is 1. The summed E-state index contributed by atoms with van der Waals surface area (Å²) in [4.78, 5) is 18.7. The topological polar surface area (TPSA) is 61.9 Å². The summed E-state index contributed by atoms with van der Waals surface area (Å²) in [5.74, 6) is 0.841. The van der Waals surface area contributed by atoms with Crippen molar-refractivity contribution in [2.24, 2.45) is 0 Å². The molecule has 0 aromatic carbocycles. The van der Waals surface area contributed by atoms with Crippen LogP contribution in [0, 0.1) is 0 Å². The van der Waals surface area contributed by atoms with E-state index in [1.54, 1.807) is 0 Å². The van der Waals surface area contributed by atoms with Crippen LogP contribution in [0.3, 0.4) is 0 Å². The van der Waals surface area contributed by atoms with E-state index >= 15 is 0 Å². The largest absolute Gasteiger partial charge is 0.328 e. The van der Waals surface area contributed by atoms with Gasteiger partial charge in [0.25, 0.3) is 5.91 Å². The molecule has 100 valence electrons. The number of halogens is 1. The molecular weight excluding hydrogens is 328 g/mol. The number of hydrogen-bond acceptors (Lipinski definition) is 4. The summed E-state index contributed by atoms with van der Waals surface area (Å²) in [6.45, 7) is 0.770. The first-order valence-corrected chi connectivity index (χ1v) is 7.84. The molecule has 0 saturated carbocycles. The second-order valence-corrected chi connectivity index (χ2v) is 6.72. The summed E-state index contributed by atoms with van der Waals surface area (Å²) in [7, 11) is 0. The van der Waals surface area contributed by atoms with Crippen LogP contribution in [0.4, 0.5) is 0 Å². The maximum atomic E-state index is 12.6. The molecule has 1 aliphatic rings. The number of piperidine rings is 1. The number of rotatable bonds is 2. The lowest BCUT2D eigenvalue weighted by Gasteiger charge is -2.34. The Balaban J connectivity index is 1.89. The molecule has 0 aliphatic carbocycles. The number of thiophene rings is 1. The fraction of sp³-hybridized carbons (Fsp3) is 0.417. The molecule has 7 heteroatoms. The highest BCUT2D eigenvalue weighted by Gasteiger charge is 2.31. The molecule has 0 spiro atoms. The van der Waals surface area contributed by atoms with Crippen LogP contribution in [0.1, 0.15) is 41.5 Å². The maximum absolute atomic E-state index is 12.6. The predicted molar refractivity (Wildman–Crippen MR) is 76.0 cm³/mol. The zero-order valence-corrected chi connectivity index (χ0v) is 12.6. The lowest BCUT2D eigenvalue weighted by atomic mass is 10.0. The molecule has 5 nitrogen and oxygen atoms in total. The third-order valence-corrected chi connectivity index (χ3v) is 5.05. The van der Waals surface area contributed by atoms with E-state index in [0.29, 0.717) is 0 Å². The number of likely N-dealkylation sites (tertiary alicyclic amines) is 1. The van der Waals surface area contributed by atoms with Crippen LogP contribution in [0.15, 0.2) is 21.6 Å². The smallest absolute Gasteiger partial charge is 0.256 e. The van der Waals surface area contributed by atoms with Gasteiger partial charge in [-0.15, -0.1) is 11.3 Å². The first-order valence-electron chi connectivity index (χ1n) is 6.16. The van der Waals surface area contributed by atoms with Gasteiger partial charge in [0.1, 0.15) is 12.2 Å². The Bertz CT molecular complexity index is 568. The molecule has 1 saturated heterocycles. The number of carbonyl (C=O) groups is 1. The van der Waals surface area contributed by atoms with Crippen molar-refractivity contribution in [3.05, 3.63) is 32.9 Å². The van der Waals surface area contributed by atoms with Gasteiger partial charge in [-0.3, -0.25) is 9.89 Å². The van der Waals surface area contributed by atoms with Crippen LogP contribution < -0.4 is 0 Å². The third-order valence-electron chi connectivity index (χ3n) is 3.36. The maximum Gasteiger partial charge on any atom is 0.256 e. The fourth-order valence-corrected chi connectivity index (χ4v) is 3.67. The highest BCUT2D eigenvalue weighted by Crippen LogP contribution is 2.32. The van der Waals surface area contributed by atoms with E-state index < -0.39 is 0 Å². The quantitative estimate of drug-likeness (QED) is 0.913. The van der Waals surface area contributed by atoms with Gasteiger partial charge in [0.05, 0.1) is 15.4 Å². The lowest BCUT2D eigenvalue weighted by molar-refractivity contribution is 0.0600. The van der Waals surface area contributed by atoms with Gasteiger partial charge in [-0.05, 0) is 46.6 Å². The van der Waals surface area contributed by atoms with E-state index in [9.17, 15) is 4.79 Å². The fourth-order valence-electron chi connectivity index (χ4n) is 2.44. The average Bonchev–Trinajstić information content (AvgIpc) is 3.09. The van der Waals surface area contributed by atoms with Gasteiger partial charge in [0.15, 0.2) is 0 Å². The Hall–Kier alpha value is -1.21. The van der Waals surface area contributed by atoms with Gasteiger partial charge >= 0.3 is 0 Å². The molecule has 0 radical (unpaired) electrons. The summed E-state index contributed by atoms with van der Waals surface area (Å²) in [6.07, 6.45) is 4.58. The minimum absolute atomic E-state index is 0.00977. The van der Waals surface area contributed by atoms with Crippen molar-refractivity contribution in [3.8, 4) is 0 Å². The van der Waals surface area contributed by atoms with Crippen molar-refractivity contribution in [1.82, 2.24) is 20.1 Å². The Morgan fingerprint density at radius 2 is 2.42 bits per heavy atom. The zero-order chi connectivity index (χ0) is 13.2. The highest BCUT2D eigenvalue weighted by molar-refractivity contribution is 9.11. The van der Waals surface area contributed by atoms with Gasteiger partial charge in [0, 0.05) is 6.54 Å². The minimum Gasteiger partial charge on any atom is -0.328 e. The van der Waals surface area contributed by atoms with Crippen molar-refractivity contribution in [1.29, 1.82) is 0 Å². The van der Waals surface area contributed by atoms with E-state index in [-0.39, 0.29) is 11.9 Å². The molecule has 3 heterocycles. The van der Waals surface area contributed by atoms with Gasteiger partial charge < -0.3 is 4.90 Å². The van der Waals surface area contributed by atoms with E-state index in [2.05, 4.69) is 31.1 Å². The Morgan fingerprint density at radius 1 is 1.53 bits per heavy atom. The number of H-pyrrole nitrogens is 1. The zero-order valence-electron chi connectivity index (χ0n) is 10.2. The van der Waals surface area contributed by atoms with Gasteiger partial charge in [-0.25, -0.2) is 4.98 Å². The van der Waals surface area contributed by atoms with Crippen LogP contribution in [-0.4, -0.2) is 32.5 Å². The van der Waals surface area contributed by atoms with E-state index in [0.717, 1.165) is 41.0 Å². The van der Waals surface area contributed by atoms with Crippen molar-refractivity contribution >= 4 is 33.2 Å². The lowest BCUT2D eigenvalue weighted by Crippen LogP contribution is -2.39. The Kier molecular flexibility index (Phi) is 3.65. The van der Waals surface area contributed by atoms with Gasteiger partial charge in [0.2, 0.25) is 0 Å². The number of carbonyl (C=O) groups excluding carboxylic acids is 1. The molecule has 0 bridgehead atoms. The number of nitrogens with one attached hydrogen (secondary N) is 1. The van der Waals surface area contributed by atoms with E-state index in [1.807, 2.05) is 16.3 Å². The van der Waals surface area contributed by atoms with Crippen LogP contribution in [0.25, 0.3) is 0 Å². The molecule has 2 aromatic heterocycles. The number of hydrogen-bond donors (Lipinski definition) is 1. The Labute approximate surface area is 123 Å². The van der Waals surface area contributed by atoms with Crippen LogP contribution in [-0.2, 0) is 0 Å². The summed E-state index contributed by atoms with van der Waals surface area (Å²) in [5.41, 5.74) is 0.733. The molecule has 1 atom stereocenters. The molecule has 1 amide bonds. The summed E-state index contributed by atoms with van der Waals surface area (Å²) >= 11 is 4.97. The van der Waals surface area contributed by atoms with Crippen LogP contribution in [0.2, 0.25) is 0 Å². The SMILES string of the molecule is O=C(c1ccsc1Br)N1CCCCC1c1ncn[nH]1. The normalized spacial score (nSPS) is 19.6. The third kappa shape index (κ3) is 2.44. The molecule has 1 unspecified atom stereocenters. The molecule has 2 aromatic rings. The highest BCUT2D eigenvalue weighted by atomic mass is 79.9. The van der Waals surface area contributed by atoms with Crippen LogP contribution in [0.5, 0.6) is 0 Å². The summed E-state index contributed by atoms with van der Waals surface area (Å²) < 4.78 is 0.888. The predicted octanol–water partition coefficient (Wildman–Crippen LogP) is 3.00. The van der Waals surface area contributed by atoms with Crippen molar-refractivity contribution in [3.63, 3.8) is 0 Å². The summed E-state index contributed by atoms with van der Waals surface area (Å²) in [5, 5.41) is 8.70. The van der Waals surface area contributed by atoms with Crippen molar-refractivity contribution in [2.45, 2.75) is 25.3 Å². The standard InChI is InChI=1S/C12H13BrN4OS/c13-10-8(4-6-19-10)12(18)17-5-2-1-3-9(17)11-14-7-15-16-11/h4,6-7,9H,1-3,5H2,(H,14,15,16). The molecular formula is C12H13BrN4OS. The molecule has 1 fully saturated rings. The molecule has 19 heavy (non-hydrogen) atoms. The van der Waals surface area contributed by atoms with Gasteiger partial charge in [-0.1, -0.05) is 0 Å². The molecule has 1 aliphatic heterocycles. The summed E-state index contributed by atoms with van der Waals surface area (Å²) in [6, 6.07) is 1.87. The first-order chi connectivity index (χ1) is 9.27. The minimum atomic E-state index is 0.00977. The molecule has 1 N–H and O–H groups in total. The monoisotopic (exact) mass is 340 g/mol. The molecule has 3 rings (SSSR count). The number of nitrogens with zero attached hydrogens (tertiary/aromatic N) is 3. The van der Waals surface area contributed by atoms with Gasteiger partial charge in [-0.2, -0.15) is 5.10 Å². The Morgan fingerprint density at radius 3 is 3.11 bits per heavy atom. The van der Waals surface area contributed by atoms with Crippen molar-refractivity contribution < 1.29 is 4.79 Å². The second-order valence-electron chi connectivity index (χ2n) is 4.49. The first kappa shape index (κ1) is 12.8. The van der Waals surface area contributed by atoms with Crippen molar-refractivity contribution in [2.75, 3.05) is 6.54 Å². The number of amides is 1. The van der Waals surface area contributed by atoms with E-state index in [4.69, 9.17) is 0 Å². The number of aromatic nitrogens is 3. The van der Waals surface area contributed by atoms with Crippen LogP contribution >= 0.6 is 27.3 Å².